The monoisotopic (exact) mass is 262 g/mol. The molecule has 1 N–H and O–H groups in total. The molecule has 0 amide bonds. The molecule has 0 radical (unpaired) electrons. The first-order valence-corrected chi connectivity index (χ1v) is 7.48. The van der Waals surface area contributed by atoms with E-state index in [2.05, 4.69) is 17.3 Å². The second-order valence-corrected chi connectivity index (χ2v) is 5.91. The van der Waals surface area contributed by atoms with Gasteiger partial charge >= 0.3 is 0 Å². The minimum Gasteiger partial charge on any atom is -0.371 e. The fraction of sp³-hybridized carbons (Fsp3) is 0.625. The Balaban J connectivity index is 1.73. The topological polar surface area (TPSA) is 15.3 Å². The summed E-state index contributed by atoms with van der Waals surface area (Å²) < 4.78 is 13.4. The number of nitrogens with one attached hydrogen (secondary N) is 1. The standard InChI is InChI=1S/C16H23FN2/c1-18-15-5-3-2-4-13(15)11-19-9-8-12-6-7-14(17)10-16(12)19/h6-7,10,13,15,18H,2-5,8-9,11H2,1H3. The molecule has 104 valence electrons. The summed E-state index contributed by atoms with van der Waals surface area (Å²) in [5, 5.41) is 3.46. The number of benzene rings is 1. The molecule has 3 rings (SSSR count). The van der Waals surface area contributed by atoms with Crippen LogP contribution in [0.25, 0.3) is 0 Å². The largest absolute Gasteiger partial charge is 0.371 e. The van der Waals surface area contributed by atoms with E-state index in [9.17, 15) is 4.39 Å². The zero-order chi connectivity index (χ0) is 13.2. The molecule has 2 nitrogen and oxygen atoms in total. The van der Waals surface area contributed by atoms with Crippen LogP contribution in [-0.2, 0) is 6.42 Å². The first-order valence-electron chi connectivity index (χ1n) is 7.48. The van der Waals surface area contributed by atoms with Crippen LogP contribution in [0, 0.1) is 11.7 Å². The van der Waals surface area contributed by atoms with Crippen LogP contribution >= 0.6 is 0 Å². The van der Waals surface area contributed by atoms with Crippen LogP contribution in [0.5, 0.6) is 0 Å². The molecular formula is C16H23FN2. The maximum atomic E-state index is 13.4. The molecule has 1 aliphatic heterocycles. The van der Waals surface area contributed by atoms with Crippen molar-refractivity contribution >= 4 is 5.69 Å². The van der Waals surface area contributed by atoms with Crippen molar-refractivity contribution in [3.05, 3.63) is 29.6 Å². The van der Waals surface area contributed by atoms with Gasteiger partial charge in [-0.1, -0.05) is 18.9 Å². The highest BCUT2D eigenvalue weighted by atomic mass is 19.1. The van der Waals surface area contributed by atoms with E-state index in [1.54, 1.807) is 12.1 Å². The lowest BCUT2D eigenvalue weighted by molar-refractivity contribution is 0.277. The van der Waals surface area contributed by atoms with Crippen LogP contribution in [0.4, 0.5) is 10.1 Å². The Labute approximate surface area is 115 Å². The van der Waals surface area contributed by atoms with Crippen LogP contribution in [-0.4, -0.2) is 26.2 Å². The van der Waals surface area contributed by atoms with E-state index < -0.39 is 0 Å². The van der Waals surface area contributed by atoms with Crippen LogP contribution in [0.1, 0.15) is 31.2 Å². The molecule has 2 atom stereocenters. The van der Waals surface area contributed by atoms with Gasteiger partial charge in [0.25, 0.3) is 0 Å². The Morgan fingerprint density at radius 2 is 2.16 bits per heavy atom. The number of fused-ring (bicyclic) bond motifs is 1. The zero-order valence-corrected chi connectivity index (χ0v) is 11.7. The maximum absolute atomic E-state index is 13.4. The van der Waals surface area contributed by atoms with E-state index in [-0.39, 0.29) is 5.82 Å². The molecule has 1 fully saturated rings. The van der Waals surface area contributed by atoms with E-state index >= 15 is 0 Å². The van der Waals surface area contributed by atoms with Crippen molar-refractivity contribution in [3.63, 3.8) is 0 Å². The molecule has 1 aromatic carbocycles. The Hall–Kier alpha value is -1.09. The molecular weight excluding hydrogens is 239 g/mol. The summed E-state index contributed by atoms with van der Waals surface area (Å²) in [6.07, 6.45) is 6.32. The third-order valence-electron chi connectivity index (χ3n) is 4.77. The number of hydrogen-bond acceptors (Lipinski definition) is 2. The Morgan fingerprint density at radius 3 is 3.00 bits per heavy atom. The summed E-state index contributed by atoms with van der Waals surface area (Å²) in [4.78, 5) is 2.39. The highest BCUT2D eigenvalue weighted by molar-refractivity contribution is 5.58. The highest BCUT2D eigenvalue weighted by Gasteiger charge is 2.28. The summed E-state index contributed by atoms with van der Waals surface area (Å²) in [5.74, 6) is 0.590. The molecule has 0 spiro atoms. The lowest BCUT2D eigenvalue weighted by atomic mass is 9.84. The molecule has 19 heavy (non-hydrogen) atoms. The predicted molar refractivity (Wildman–Crippen MR) is 77.1 cm³/mol. The summed E-state index contributed by atoms with van der Waals surface area (Å²) in [7, 11) is 2.07. The average molecular weight is 262 g/mol. The molecule has 2 aliphatic rings. The van der Waals surface area contributed by atoms with Gasteiger partial charge in [0.1, 0.15) is 5.82 Å². The SMILES string of the molecule is CNC1CCCCC1CN1CCc2ccc(F)cc21. The average Bonchev–Trinajstić information content (AvgIpc) is 2.82. The van der Waals surface area contributed by atoms with E-state index in [4.69, 9.17) is 0 Å². The fourth-order valence-corrected chi connectivity index (χ4v) is 3.70. The zero-order valence-electron chi connectivity index (χ0n) is 11.7. The second-order valence-electron chi connectivity index (χ2n) is 5.91. The molecule has 1 saturated carbocycles. The number of rotatable bonds is 3. The molecule has 1 aromatic rings. The number of anilines is 1. The third kappa shape index (κ3) is 2.62. The minimum atomic E-state index is -0.112. The molecule has 3 heteroatoms. The lowest BCUT2D eigenvalue weighted by Crippen LogP contribution is -2.42. The number of nitrogens with zero attached hydrogens (tertiary/aromatic N) is 1. The van der Waals surface area contributed by atoms with Crippen LogP contribution in [0.3, 0.4) is 0 Å². The summed E-state index contributed by atoms with van der Waals surface area (Å²) in [6, 6.07) is 5.87. The van der Waals surface area contributed by atoms with E-state index in [0.717, 1.165) is 25.2 Å². The second kappa shape index (κ2) is 5.49. The van der Waals surface area contributed by atoms with Crippen LogP contribution in [0.2, 0.25) is 0 Å². The van der Waals surface area contributed by atoms with Gasteiger partial charge in [-0.25, -0.2) is 4.39 Å². The Kier molecular flexibility index (Phi) is 3.74. The van der Waals surface area contributed by atoms with Crippen molar-refractivity contribution in [1.82, 2.24) is 5.32 Å². The van der Waals surface area contributed by atoms with Gasteiger partial charge in [0.05, 0.1) is 0 Å². The summed E-state index contributed by atoms with van der Waals surface area (Å²) in [5.41, 5.74) is 2.43. The molecule has 1 heterocycles. The van der Waals surface area contributed by atoms with Gasteiger partial charge in [0, 0.05) is 24.8 Å². The van der Waals surface area contributed by atoms with Crippen molar-refractivity contribution in [2.24, 2.45) is 5.92 Å². The van der Waals surface area contributed by atoms with E-state index in [1.807, 2.05) is 6.07 Å². The molecule has 0 aromatic heterocycles. The van der Waals surface area contributed by atoms with Crippen LogP contribution in [0.15, 0.2) is 18.2 Å². The van der Waals surface area contributed by atoms with Crippen molar-refractivity contribution in [2.45, 2.75) is 38.1 Å². The van der Waals surface area contributed by atoms with Crippen molar-refractivity contribution in [2.75, 3.05) is 25.0 Å². The first kappa shape index (κ1) is 12.9. The molecule has 0 bridgehead atoms. The van der Waals surface area contributed by atoms with Gasteiger partial charge in [-0.05, 0) is 49.9 Å². The minimum absolute atomic E-state index is 0.112. The fourth-order valence-electron chi connectivity index (χ4n) is 3.70. The number of halogens is 1. The molecule has 0 saturated heterocycles. The summed E-state index contributed by atoms with van der Waals surface area (Å²) in [6.45, 7) is 2.12. The summed E-state index contributed by atoms with van der Waals surface area (Å²) >= 11 is 0. The van der Waals surface area contributed by atoms with E-state index in [0.29, 0.717) is 12.0 Å². The molecule has 1 aliphatic carbocycles. The van der Waals surface area contributed by atoms with E-state index in [1.165, 1.54) is 31.2 Å². The smallest absolute Gasteiger partial charge is 0.125 e. The van der Waals surface area contributed by atoms with Crippen molar-refractivity contribution in [3.8, 4) is 0 Å². The van der Waals surface area contributed by atoms with Gasteiger partial charge in [0.2, 0.25) is 0 Å². The Morgan fingerprint density at radius 1 is 1.32 bits per heavy atom. The van der Waals surface area contributed by atoms with Crippen LogP contribution < -0.4 is 10.2 Å². The van der Waals surface area contributed by atoms with Gasteiger partial charge in [-0.15, -0.1) is 0 Å². The van der Waals surface area contributed by atoms with Gasteiger partial charge in [-0.2, -0.15) is 0 Å². The van der Waals surface area contributed by atoms with Gasteiger partial charge in [-0.3, -0.25) is 0 Å². The molecule has 2 unspecified atom stereocenters. The predicted octanol–water partition coefficient (Wildman–Crippen LogP) is 2.97. The highest BCUT2D eigenvalue weighted by Crippen LogP contribution is 2.32. The van der Waals surface area contributed by atoms with Gasteiger partial charge < -0.3 is 10.2 Å². The number of hydrogen-bond donors (Lipinski definition) is 1. The van der Waals surface area contributed by atoms with Crippen molar-refractivity contribution in [1.29, 1.82) is 0 Å². The third-order valence-corrected chi connectivity index (χ3v) is 4.77. The van der Waals surface area contributed by atoms with Crippen molar-refractivity contribution < 1.29 is 4.39 Å². The quantitative estimate of drug-likeness (QED) is 0.901. The normalized spacial score (nSPS) is 26.5. The van der Waals surface area contributed by atoms with Gasteiger partial charge in [0.15, 0.2) is 0 Å². The lowest BCUT2D eigenvalue weighted by Gasteiger charge is -2.35. The maximum Gasteiger partial charge on any atom is 0.125 e. The Bertz CT molecular complexity index is 446. The first-order chi connectivity index (χ1) is 9.28.